The van der Waals surface area contributed by atoms with Gasteiger partial charge in [0.2, 0.25) is 0 Å². The lowest BCUT2D eigenvalue weighted by atomic mass is 9.98. The third-order valence-electron chi connectivity index (χ3n) is 1.81. The first-order chi connectivity index (χ1) is 5.64. The van der Waals surface area contributed by atoms with Gasteiger partial charge in [-0.3, -0.25) is 4.89 Å². The van der Waals surface area contributed by atoms with E-state index in [4.69, 9.17) is 10.4 Å². The molecule has 0 aromatic carbocycles. The van der Waals surface area contributed by atoms with Crippen LogP contribution in [-0.2, 0) is 19.5 Å². The molecule has 0 aliphatic carbocycles. The zero-order chi connectivity index (χ0) is 9.19. The summed E-state index contributed by atoms with van der Waals surface area (Å²) in [6, 6.07) is 0. The fourth-order valence-electron chi connectivity index (χ4n) is 1.04. The summed E-state index contributed by atoms with van der Waals surface area (Å²) in [7, 11) is 0. The minimum Gasteiger partial charge on any atom is -0.396 e. The Hall–Kier alpha value is -0.690. The quantitative estimate of drug-likeness (QED) is 0.455. The van der Waals surface area contributed by atoms with Crippen molar-refractivity contribution in [3.05, 3.63) is 0 Å². The molecule has 1 rings (SSSR count). The van der Waals surface area contributed by atoms with Crippen LogP contribution in [0.1, 0.15) is 13.3 Å². The van der Waals surface area contributed by atoms with E-state index in [-0.39, 0.29) is 13.0 Å². The van der Waals surface area contributed by atoms with Crippen molar-refractivity contribution in [2.24, 2.45) is 5.92 Å². The number of aliphatic hydroxyl groups excluding tert-OH is 1. The van der Waals surface area contributed by atoms with Gasteiger partial charge in [-0.2, -0.15) is 4.89 Å². The van der Waals surface area contributed by atoms with Gasteiger partial charge in [0, 0.05) is 6.61 Å². The monoisotopic (exact) mass is 178 g/mol. The van der Waals surface area contributed by atoms with Gasteiger partial charge in [0.15, 0.2) is 0 Å². The van der Waals surface area contributed by atoms with Crippen LogP contribution in [0.3, 0.4) is 0 Å². The summed E-state index contributed by atoms with van der Waals surface area (Å²) in [6.45, 7) is 1.14. The number of hydrogen-bond donors (Lipinski definition) is 2. The lowest BCUT2D eigenvalue weighted by Crippen LogP contribution is -2.36. The van der Waals surface area contributed by atoms with Gasteiger partial charge in [0.1, 0.15) is 5.92 Å². The van der Waals surface area contributed by atoms with E-state index in [0.29, 0.717) is 0 Å². The van der Waals surface area contributed by atoms with Crippen LogP contribution in [-0.4, -0.2) is 28.7 Å². The molecule has 6 nitrogen and oxygen atoms in total. The molecule has 2 unspecified atom stereocenters. The Morgan fingerprint density at radius 1 is 1.75 bits per heavy atom. The molecule has 0 spiro atoms. The van der Waals surface area contributed by atoms with Crippen molar-refractivity contribution >= 4 is 5.97 Å². The largest absolute Gasteiger partial charge is 0.396 e. The standard InChI is InChI=1S/C6H10O6/c1-6(11-9)4(2-3-7)5(8)10-12-6/h4,7,9H,2-3H2,1H3. The van der Waals surface area contributed by atoms with Crippen LogP contribution in [0.25, 0.3) is 0 Å². The van der Waals surface area contributed by atoms with Crippen molar-refractivity contribution in [1.29, 1.82) is 0 Å². The van der Waals surface area contributed by atoms with Crippen molar-refractivity contribution in [3.8, 4) is 0 Å². The molecule has 1 aliphatic heterocycles. The summed E-state index contributed by atoms with van der Waals surface area (Å²) in [4.78, 5) is 23.5. The third-order valence-corrected chi connectivity index (χ3v) is 1.81. The van der Waals surface area contributed by atoms with Crippen molar-refractivity contribution in [2.75, 3.05) is 6.61 Å². The maximum absolute atomic E-state index is 10.9. The van der Waals surface area contributed by atoms with E-state index >= 15 is 0 Å². The first kappa shape index (κ1) is 9.40. The first-order valence-electron chi connectivity index (χ1n) is 3.47. The number of carbonyl (C=O) groups is 1. The van der Waals surface area contributed by atoms with Crippen LogP contribution in [0.4, 0.5) is 0 Å². The van der Waals surface area contributed by atoms with Gasteiger partial charge in [-0.25, -0.2) is 10.1 Å². The smallest absolute Gasteiger partial charge is 0.351 e. The molecule has 2 N–H and O–H groups in total. The van der Waals surface area contributed by atoms with E-state index in [1.165, 1.54) is 6.92 Å². The molecule has 1 saturated heterocycles. The first-order valence-corrected chi connectivity index (χ1v) is 3.47. The Morgan fingerprint density at radius 2 is 2.42 bits per heavy atom. The second-order valence-electron chi connectivity index (χ2n) is 2.66. The molecule has 0 aromatic heterocycles. The molecule has 0 saturated carbocycles. The van der Waals surface area contributed by atoms with Crippen molar-refractivity contribution in [2.45, 2.75) is 19.1 Å². The summed E-state index contributed by atoms with van der Waals surface area (Å²) >= 11 is 0. The van der Waals surface area contributed by atoms with Crippen LogP contribution >= 0.6 is 0 Å². The molecule has 1 heterocycles. The molecule has 2 atom stereocenters. The predicted octanol–water partition coefficient (Wildman–Crippen LogP) is -0.321. The highest BCUT2D eigenvalue weighted by molar-refractivity contribution is 5.74. The minimum absolute atomic E-state index is 0.121. The van der Waals surface area contributed by atoms with E-state index < -0.39 is 17.7 Å². The van der Waals surface area contributed by atoms with Gasteiger partial charge < -0.3 is 5.11 Å². The number of hydrogen-bond acceptors (Lipinski definition) is 6. The molecule has 1 aliphatic rings. The molecule has 0 bridgehead atoms. The Bertz CT molecular complexity index is 181. The van der Waals surface area contributed by atoms with E-state index in [2.05, 4.69) is 14.7 Å². The van der Waals surface area contributed by atoms with Crippen LogP contribution in [0.2, 0.25) is 0 Å². The van der Waals surface area contributed by atoms with Crippen LogP contribution in [0.15, 0.2) is 0 Å². The highest BCUT2D eigenvalue weighted by Gasteiger charge is 2.51. The average Bonchev–Trinajstić information content (AvgIpc) is 2.34. The van der Waals surface area contributed by atoms with Crippen LogP contribution in [0.5, 0.6) is 0 Å². The van der Waals surface area contributed by atoms with Crippen LogP contribution < -0.4 is 0 Å². The zero-order valence-corrected chi connectivity index (χ0v) is 6.52. The van der Waals surface area contributed by atoms with Gasteiger partial charge >= 0.3 is 5.97 Å². The fraction of sp³-hybridized carbons (Fsp3) is 0.833. The van der Waals surface area contributed by atoms with Crippen LogP contribution in [0, 0.1) is 5.92 Å². The summed E-state index contributed by atoms with van der Waals surface area (Å²) < 4.78 is 0. The molecular weight excluding hydrogens is 168 g/mol. The van der Waals surface area contributed by atoms with Crippen molar-refractivity contribution in [3.63, 3.8) is 0 Å². The van der Waals surface area contributed by atoms with Gasteiger partial charge in [-0.1, -0.05) is 0 Å². The molecule has 0 radical (unpaired) electrons. The summed E-state index contributed by atoms with van der Waals surface area (Å²) in [5, 5.41) is 17.0. The summed E-state index contributed by atoms with van der Waals surface area (Å²) in [5.41, 5.74) is 0. The Balaban J connectivity index is 2.69. The highest BCUT2D eigenvalue weighted by Crippen LogP contribution is 2.32. The second kappa shape index (κ2) is 3.36. The molecular formula is C6H10O6. The molecule has 12 heavy (non-hydrogen) atoms. The number of aliphatic hydroxyl groups is 1. The lowest BCUT2D eigenvalue weighted by molar-refractivity contribution is -0.459. The van der Waals surface area contributed by atoms with Gasteiger partial charge in [-0.05, 0) is 13.3 Å². The lowest BCUT2D eigenvalue weighted by Gasteiger charge is -2.19. The van der Waals surface area contributed by atoms with Crippen molar-refractivity contribution < 1.29 is 29.8 Å². The van der Waals surface area contributed by atoms with E-state index in [1.807, 2.05) is 0 Å². The van der Waals surface area contributed by atoms with Gasteiger partial charge in [-0.15, -0.1) is 4.89 Å². The topological polar surface area (TPSA) is 85.2 Å². The van der Waals surface area contributed by atoms with Crippen molar-refractivity contribution in [1.82, 2.24) is 0 Å². The fourth-order valence-corrected chi connectivity index (χ4v) is 1.04. The summed E-state index contributed by atoms with van der Waals surface area (Å²) in [5.74, 6) is -2.95. The highest BCUT2D eigenvalue weighted by atomic mass is 17.3. The molecule has 70 valence electrons. The number of carbonyl (C=O) groups excluding carboxylic acids is 1. The number of rotatable bonds is 3. The second-order valence-corrected chi connectivity index (χ2v) is 2.66. The van der Waals surface area contributed by atoms with E-state index in [0.717, 1.165) is 0 Å². The van der Waals surface area contributed by atoms with Gasteiger partial charge in [0.25, 0.3) is 5.79 Å². The third kappa shape index (κ3) is 1.42. The Morgan fingerprint density at radius 3 is 2.92 bits per heavy atom. The molecule has 0 aromatic rings. The van der Waals surface area contributed by atoms with E-state index in [1.54, 1.807) is 0 Å². The maximum Gasteiger partial charge on any atom is 0.351 e. The average molecular weight is 178 g/mol. The SMILES string of the molecule is CC1(OO)OOC(=O)C1CCO. The predicted molar refractivity (Wildman–Crippen MR) is 34.5 cm³/mol. The molecule has 0 amide bonds. The normalized spacial score (nSPS) is 35.2. The Kier molecular flexibility index (Phi) is 2.63. The molecule has 6 heteroatoms. The molecule has 1 fully saturated rings. The Labute approximate surface area is 68.5 Å². The maximum atomic E-state index is 10.9. The van der Waals surface area contributed by atoms with Gasteiger partial charge in [0.05, 0.1) is 0 Å². The summed E-state index contributed by atoms with van der Waals surface area (Å²) in [6.07, 6.45) is 0.121. The van der Waals surface area contributed by atoms with E-state index in [9.17, 15) is 4.79 Å². The zero-order valence-electron chi connectivity index (χ0n) is 6.52. The minimum atomic E-state index is -1.50.